The average molecular weight is 407 g/mol. The summed E-state index contributed by atoms with van der Waals surface area (Å²) in [7, 11) is 0. The zero-order chi connectivity index (χ0) is 20.7. The number of benzene rings is 2. The predicted molar refractivity (Wildman–Crippen MR) is 110 cm³/mol. The van der Waals surface area contributed by atoms with Crippen LogP contribution in [0.2, 0.25) is 0 Å². The van der Waals surface area contributed by atoms with Crippen LogP contribution in [-0.2, 0) is 19.4 Å². The van der Waals surface area contributed by atoms with Crippen molar-refractivity contribution in [3.8, 4) is 11.4 Å². The smallest absolute Gasteiger partial charge is 0.272 e. The van der Waals surface area contributed by atoms with Crippen molar-refractivity contribution in [3.05, 3.63) is 76.6 Å². The first-order valence-corrected chi connectivity index (χ1v) is 10.6. The van der Waals surface area contributed by atoms with Gasteiger partial charge in [-0.25, -0.2) is 13.8 Å². The maximum absolute atomic E-state index is 13.9. The summed E-state index contributed by atoms with van der Waals surface area (Å²) >= 11 is 0. The summed E-state index contributed by atoms with van der Waals surface area (Å²) < 4.78 is 29.3. The van der Waals surface area contributed by atoms with Gasteiger partial charge in [-0.05, 0) is 61.4 Å². The average Bonchev–Trinajstić information content (AvgIpc) is 3.23. The number of carbonyl (C=O) groups excluding carboxylic acids is 1. The van der Waals surface area contributed by atoms with Crippen LogP contribution in [0.25, 0.3) is 11.4 Å². The molecule has 2 heterocycles. The predicted octanol–water partition coefficient (Wildman–Crippen LogP) is 4.97. The van der Waals surface area contributed by atoms with E-state index in [1.807, 2.05) is 16.7 Å². The number of aryl methyl sites for hydroxylation is 1. The van der Waals surface area contributed by atoms with E-state index in [1.54, 1.807) is 0 Å². The Labute approximate surface area is 173 Å². The Morgan fingerprint density at radius 3 is 2.77 bits per heavy atom. The first kappa shape index (κ1) is 19.0. The first-order valence-electron chi connectivity index (χ1n) is 10.6. The first-order chi connectivity index (χ1) is 14.6. The topological polar surface area (TPSA) is 46.9 Å². The summed E-state index contributed by atoms with van der Waals surface area (Å²) in [5.41, 5.74) is 4.21. The van der Waals surface area contributed by atoms with Gasteiger partial charge < -0.3 is 9.88 Å². The Bertz CT molecular complexity index is 1120. The van der Waals surface area contributed by atoms with E-state index in [-0.39, 0.29) is 11.9 Å². The molecule has 3 aromatic rings. The second-order valence-electron chi connectivity index (χ2n) is 8.09. The molecule has 4 nitrogen and oxygen atoms in total. The normalized spacial score (nSPS) is 17.9. The monoisotopic (exact) mass is 407 g/mol. The number of rotatable bonds is 3. The van der Waals surface area contributed by atoms with E-state index >= 15 is 0 Å². The third-order valence-corrected chi connectivity index (χ3v) is 6.20. The molecule has 0 saturated heterocycles. The molecule has 1 aromatic heterocycles. The van der Waals surface area contributed by atoms with Gasteiger partial charge in [-0.2, -0.15) is 0 Å². The van der Waals surface area contributed by atoms with E-state index in [4.69, 9.17) is 0 Å². The molecule has 5 rings (SSSR count). The SMILES string of the molecule is O=C(N[C@@H]1CCc2ccccc21)c1nc(-c2ccc(F)c(F)c2)n2c1CCCCC2. The molecular weight excluding hydrogens is 384 g/mol. The van der Waals surface area contributed by atoms with Crippen LogP contribution < -0.4 is 5.32 Å². The number of nitrogens with one attached hydrogen (secondary N) is 1. The molecule has 2 aliphatic rings. The number of hydrogen-bond donors (Lipinski definition) is 1. The van der Waals surface area contributed by atoms with Gasteiger partial charge in [0.2, 0.25) is 0 Å². The van der Waals surface area contributed by atoms with Crippen LogP contribution in [0, 0.1) is 11.6 Å². The minimum atomic E-state index is -0.910. The largest absolute Gasteiger partial charge is 0.344 e. The van der Waals surface area contributed by atoms with Gasteiger partial charge in [0.1, 0.15) is 11.5 Å². The number of carbonyl (C=O) groups is 1. The standard InChI is InChI=1S/C24H23F2N3O/c25-18-11-9-16(14-19(18)26)23-28-22(21-8-2-1-5-13-29(21)23)24(30)27-20-12-10-15-6-3-4-7-17(15)20/h3-4,6-7,9,11,14,20H,1-2,5,8,10,12-13H2,(H,27,30)/t20-/m1/s1. The molecule has 1 N–H and O–H groups in total. The van der Waals surface area contributed by atoms with Crippen molar-refractivity contribution in [1.29, 1.82) is 0 Å². The zero-order valence-corrected chi connectivity index (χ0v) is 16.6. The third kappa shape index (κ3) is 3.30. The minimum absolute atomic E-state index is 0.0245. The van der Waals surface area contributed by atoms with Crippen LogP contribution in [0.3, 0.4) is 0 Å². The van der Waals surface area contributed by atoms with Gasteiger partial charge >= 0.3 is 0 Å². The zero-order valence-electron chi connectivity index (χ0n) is 16.6. The Kier molecular flexibility index (Phi) is 4.85. The fraction of sp³-hybridized carbons (Fsp3) is 0.333. The minimum Gasteiger partial charge on any atom is -0.344 e. The van der Waals surface area contributed by atoms with Crippen molar-refractivity contribution in [2.75, 3.05) is 0 Å². The quantitative estimate of drug-likeness (QED) is 0.666. The fourth-order valence-corrected chi connectivity index (χ4v) is 4.69. The highest BCUT2D eigenvalue weighted by Gasteiger charge is 2.28. The summed E-state index contributed by atoms with van der Waals surface area (Å²) in [5.74, 6) is -1.47. The van der Waals surface area contributed by atoms with Crippen LogP contribution in [0.1, 0.15) is 59.0 Å². The number of nitrogens with zero attached hydrogens (tertiary/aromatic N) is 2. The van der Waals surface area contributed by atoms with Crippen molar-refractivity contribution in [1.82, 2.24) is 14.9 Å². The molecule has 1 aliphatic carbocycles. The van der Waals surface area contributed by atoms with E-state index in [9.17, 15) is 13.6 Å². The fourth-order valence-electron chi connectivity index (χ4n) is 4.69. The van der Waals surface area contributed by atoms with Crippen LogP contribution in [0.5, 0.6) is 0 Å². The molecule has 1 atom stereocenters. The molecule has 0 radical (unpaired) electrons. The Hall–Kier alpha value is -3.02. The van der Waals surface area contributed by atoms with Crippen LogP contribution in [0.15, 0.2) is 42.5 Å². The van der Waals surface area contributed by atoms with Crippen molar-refractivity contribution in [3.63, 3.8) is 0 Å². The molecule has 6 heteroatoms. The number of amides is 1. The Morgan fingerprint density at radius 2 is 1.90 bits per heavy atom. The number of aromatic nitrogens is 2. The Morgan fingerprint density at radius 1 is 1.03 bits per heavy atom. The summed E-state index contributed by atoms with van der Waals surface area (Å²) in [6.07, 6.45) is 5.59. The van der Waals surface area contributed by atoms with Crippen molar-refractivity contribution in [2.24, 2.45) is 0 Å². The van der Waals surface area contributed by atoms with Crippen molar-refractivity contribution >= 4 is 5.91 Å². The number of imidazole rings is 1. The molecule has 154 valence electrons. The van der Waals surface area contributed by atoms with Crippen LogP contribution >= 0.6 is 0 Å². The van der Waals surface area contributed by atoms with E-state index in [0.717, 1.165) is 68.5 Å². The summed E-state index contributed by atoms with van der Waals surface area (Å²) in [6, 6.07) is 11.9. The lowest BCUT2D eigenvalue weighted by molar-refractivity contribution is 0.0931. The molecule has 1 aliphatic heterocycles. The lowest BCUT2D eigenvalue weighted by Crippen LogP contribution is -2.28. The molecule has 30 heavy (non-hydrogen) atoms. The van der Waals surface area contributed by atoms with Gasteiger partial charge in [-0.15, -0.1) is 0 Å². The van der Waals surface area contributed by atoms with Gasteiger partial charge in [0.05, 0.1) is 11.7 Å². The lowest BCUT2D eigenvalue weighted by atomic mass is 10.1. The second kappa shape index (κ2) is 7.67. The third-order valence-electron chi connectivity index (χ3n) is 6.20. The van der Waals surface area contributed by atoms with E-state index < -0.39 is 11.6 Å². The number of hydrogen-bond acceptors (Lipinski definition) is 2. The molecule has 0 unspecified atom stereocenters. The van der Waals surface area contributed by atoms with Crippen molar-refractivity contribution in [2.45, 2.75) is 51.1 Å². The molecule has 0 fully saturated rings. The molecule has 2 aromatic carbocycles. The highest BCUT2D eigenvalue weighted by Crippen LogP contribution is 2.32. The van der Waals surface area contributed by atoms with Gasteiger partial charge in [-0.3, -0.25) is 4.79 Å². The van der Waals surface area contributed by atoms with Gasteiger partial charge in [0, 0.05) is 12.1 Å². The Balaban J connectivity index is 1.51. The summed E-state index contributed by atoms with van der Waals surface area (Å²) in [4.78, 5) is 17.9. The number of halogens is 2. The molecule has 1 amide bonds. The second-order valence-corrected chi connectivity index (χ2v) is 8.09. The van der Waals surface area contributed by atoms with E-state index in [2.05, 4.69) is 22.4 Å². The van der Waals surface area contributed by atoms with Gasteiger partial charge in [-0.1, -0.05) is 30.7 Å². The highest BCUT2D eigenvalue weighted by atomic mass is 19.2. The van der Waals surface area contributed by atoms with Gasteiger partial charge in [0.25, 0.3) is 5.91 Å². The molecule has 0 saturated carbocycles. The maximum atomic E-state index is 13.9. The number of fused-ring (bicyclic) bond motifs is 2. The summed E-state index contributed by atoms with van der Waals surface area (Å²) in [5, 5.41) is 3.16. The lowest BCUT2D eigenvalue weighted by Gasteiger charge is -2.14. The van der Waals surface area contributed by atoms with Crippen LogP contribution in [0.4, 0.5) is 8.78 Å². The molecule has 0 spiro atoms. The van der Waals surface area contributed by atoms with Crippen molar-refractivity contribution < 1.29 is 13.6 Å². The summed E-state index contributed by atoms with van der Waals surface area (Å²) in [6.45, 7) is 0.718. The molecule has 0 bridgehead atoms. The van der Waals surface area contributed by atoms with E-state index in [1.165, 1.54) is 11.6 Å². The maximum Gasteiger partial charge on any atom is 0.272 e. The van der Waals surface area contributed by atoms with Crippen LogP contribution in [-0.4, -0.2) is 15.5 Å². The van der Waals surface area contributed by atoms with Gasteiger partial charge in [0.15, 0.2) is 11.6 Å². The van der Waals surface area contributed by atoms with E-state index in [0.29, 0.717) is 17.1 Å². The highest BCUT2D eigenvalue weighted by molar-refractivity contribution is 5.94. The molecular formula is C24H23F2N3O.